The Morgan fingerprint density at radius 2 is 1.46 bits per heavy atom. The van der Waals surface area contributed by atoms with Gasteiger partial charge in [-0.1, -0.05) is 48.5 Å². The van der Waals surface area contributed by atoms with Crippen molar-refractivity contribution in [1.29, 1.82) is 0 Å². The summed E-state index contributed by atoms with van der Waals surface area (Å²) in [4.78, 5) is 58.9. The van der Waals surface area contributed by atoms with Gasteiger partial charge >= 0.3 is 30.3 Å². The van der Waals surface area contributed by atoms with Crippen LogP contribution in [-0.4, -0.2) is 53.7 Å². The number of alkyl carbamates (subject to hydrolysis) is 1. The highest BCUT2D eigenvalue weighted by molar-refractivity contribution is 5.86. The van der Waals surface area contributed by atoms with Crippen molar-refractivity contribution in [2.45, 2.75) is 51.2 Å². The second-order valence-corrected chi connectivity index (χ2v) is 9.19. The molecule has 1 unspecified atom stereocenters. The van der Waals surface area contributed by atoms with Gasteiger partial charge in [-0.25, -0.2) is 19.2 Å². The fourth-order valence-electron chi connectivity index (χ4n) is 3.80. The number of fused-ring (bicyclic) bond motifs is 3. The molecule has 11 heteroatoms. The van der Waals surface area contributed by atoms with Crippen LogP contribution in [0.1, 0.15) is 50.7 Å². The summed E-state index contributed by atoms with van der Waals surface area (Å²) in [6, 6.07) is 13.8. The number of benzene rings is 2. The van der Waals surface area contributed by atoms with Crippen LogP contribution in [0, 0.1) is 0 Å². The summed E-state index contributed by atoms with van der Waals surface area (Å²) >= 11 is 0. The van der Waals surface area contributed by atoms with Crippen LogP contribution in [0.15, 0.2) is 48.5 Å². The van der Waals surface area contributed by atoms with Crippen molar-refractivity contribution in [3.63, 3.8) is 0 Å². The van der Waals surface area contributed by atoms with Gasteiger partial charge in [0.25, 0.3) is 0 Å². The summed E-state index contributed by atoms with van der Waals surface area (Å²) < 4.78 is 18.9. The topological polar surface area (TPSA) is 155 Å². The molecule has 1 atom stereocenters. The molecule has 0 aliphatic heterocycles. The first-order chi connectivity index (χ1) is 17.4. The monoisotopic (exact) mass is 519 g/mol. The molecule has 2 N–H and O–H groups in total. The van der Waals surface area contributed by atoms with Crippen molar-refractivity contribution in [1.82, 2.24) is 5.32 Å². The van der Waals surface area contributed by atoms with E-state index in [2.05, 4.69) is 9.47 Å². The molecule has 0 fully saturated rings. The standard InChI is InChI=1S/C26H27NO10/c1-26(2,3)37-25(33)35-21(28)13-12-20(22(29)30)27-23(31)36-24(32)34-14-19-17-10-6-4-8-15(17)16-9-5-7-11-18(16)19/h4-11,19-20H,12-14H2,1-3H3,(H,27,31)(H,29,30)/i12+1,13+1,20+1,21+1,22+1,27+1. The van der Waals surface area contributed by atoms with Crippen molar-refractivity contribution in [3.05, 3.63) is 59.7 Å². The van der Waals surface area contributed by atoms with Gasteiger partial charge in [-0.15, -0.1) is 0 Å². The SMILES string of the molecule is CC(C)(C)OC(=O)O[13C](=O)[13CH2][13CH2][13CH]([15NH]C(=O)OC(=O)OCC1c2ccccc2-c2ccccc21)[13C](=O)O. The number of carbonyl (C=O) groups excluding carboxylic acids is 4. The molecule has 0 saturated heterocycles. The third-order valence-electron chi connectivity index (χ3n) is 5.32. The fourth-order valence-corrected chi connectivity index (χ4v) is 3.80. The Bertz CT molecular complexity index is 1150. The van der Waals surface area contributed by atoms with E-state index in [0.717, 1.165) is 22.3 Å². The third kappa shape index (κ3) is 7.53. The highest BCUT2D eigenvalue weighted by Gasteiger charge is 2.30. The van der Waals surface area contributed by atoms with Crippen LogP contribution in [0.2, 0.25) is 0 Å². The van der Waals surface area contributed by atoms with Crippen molar-refractivity contribution < 1.29 is 48.0 Å². The second kappa shape index (κ2) is 11.5. The summed E-state index contributed by atoms with van der Waals surface area (Å²) in [7, 11) is 0. The molecule has 0 heterocycles. The zero-order chi connectivity index (χ0) is 27.2. The van der Waals surface area contributed by atoms with Gasteiger partial charge in [0.05, 0.1) is 0 Å². The van der Waals surface area contributed by atoms with E-state index in [1.54, 1.807) is 20.8 Å². The molecule has 0 bridgehead atoms. The first kappa shape index (κ1) is 27.2. The number of hydrogen-bond donors (Lipinski definition) is 2. The molecule has 2 aromatic carbocycles. The maximum Gasteiger partial charge on any atom is 0.517 e. The molecule has 0 radical (unpaired) electrons. The van der Waals surface area contributed by atoms with E-state index in [9.17, 15) is 29.1 Å². The first-order valence-corrected chi connectivity index (χ1v) is 11.4. The van der Waals surface area contributed by atoms with E-state index in [1.165, 1.54) is 0 Å². The molecule has 11 nitrogen and oxygen atoms in total. The number of nitrogens with one attached hydrogen (secondary N) is 1. The normalized spacial score (nSPS) is 12.9. The maximum absolute atomic E-state index is 12.1. The molecule has 196 valence electrons. The summed E-state index contributed by atoms with van der Waals surface area (Å²) in [5, 5.41) is 11.3. The minimum Gasteiger partial charge on any atom is -0.480 e. The first-order valence-electron chi connectivity index (χ1n) is 11.4. The number of ether oxygens (including phenoxy) is 4. The third-order valence-corrected chi connectivity index (χ3v) is 5.32. The summed E-state index contributed by atoms with van der Waals surface area (Å²) in [5.74, 6) is -2.80. The number of carbonyl (C=O) groups is 5. The van der Waals surface area contributed by atoms with Crippen LogP contribution in [-0.2, 0) is 28.5 Å². The minimum absolute atomic E-state index is 0.0982. The predicted molar refractivity (Wildman–Crippen MR) is 128 cm³/mol. The van der Waals surface area contributed by atoms with E-state index in [4.69, 9.17) is 9.47 Å². The lowest BCUT2D eigenvalue weighted by Gasteiger charge is -2.18. The number of carboxylic acids is 1. The van der Waals surface area contributed by atoms with Gasteiger partial charge in [-0.2, -0.15) is 0 Å². The summed E-state index contributed by atoms with van der Waals surface area (Å²) in [6.45, 7) is 4.63. The van der Waals surface area contributed by atoms with Crippen LogP contribution in [0.5, 0.6) is 0 Å². The van der Waals surface area contributed by atoms with Crippen LogP contribution < -0.4 is 5.32 Å². The minimum atomic E-state index is -1.60. The lowest BCUT2D eigenvalue weighted by molar-refractivity contribution is -0.142. The van der Waals surface area contributed by atoms with Gasteiger partial charge in [0.2, 0.25) is 0 Å². The van der Waals surface area contributed by atoms with Gasteiger partial charge in [-0.05, 0) is 49.4 Å². The molecule has 1 aliphatic carbocycles. The van der Waals surface area contributed by atoms with E-state index < -0.39 is 54.8 Å². The van der Waals surface area contributed by atoms with Gasteiger partial charge in [-0.3, -0.25) is 4.79 Å². The van der Waals surface area contributed by atoms with E-state index in [-0.39, 0.29) is 12.5 Å². The van der Waals surface area contributed by atoms with Gasteiger partial charge in [0, 0.05) is 12.3 Å². The number of hydrogen-bond acceptors (Lipinski definition) is 9. The molecule has 1 amide bonds. The lowest BCUT2D eigenvalue weighted by atomic mass is 9.98. The number of aliphatic carboxylic acids is 1. The Kier molecular flexibility index (Phi) is 8.49. The van der Waals surface area contributed by atoms with Crippen molar-refractivity contribution in [2.75, 3.05) is 6.61 Å². The number of rotatable bonds is 7. The average molecular weight is 519 g/mol. The molecule has 0 aromatic heterocycles. The van der Waals surface area contributed by atoms with Crippen LogP contribution in [0.25, 0.3) is 11.1 Å². The zero-order valence-corrected chi connectivity index (χ0v) is 20.5. The van der Waals surface area contributed by atoms with Crippen molar-refractivity contribution >= 4 is 30.3 Å². The number of carboxylic acid groups (broad SMARTS) is 1. The summed E-state index contributed by atoms with van der Waals surface area (Å²) in [5.41, 5.74) is 3.08. The quantitative estimate of drug-likeness (QED) is 0.233. The Balaban J connectivity index is 1.48. The van der Waals surface area contributed by atoms with Gasteiger partial charge in [0.15, 0.2) is 0 Å². The summed E-state index contributed by atoms with van der Waals surface area (Å²) in [6.07, 6.45) is -4.87. The average Bonchev–Trinajstić information content (AvgIpc) is 3.12. The molecule has 0 spiro atoms. The van der Waals surface area contributed by atoms with Crippen LogP contribution in [0.4, 0.5) is 14.4 Å². The Hall–Kier alpha value is -4.41. The van der Waals surface area contributed by atoms with Gasteiger partial charge < -0.3 is 29.4 Å². The van der Waals surface area contributed by atoms with Crippen LogP contribution in [0.3, 0.4) is 0 Å². The Morgan fingerprint density at radius 3 is 2.00 bits per heavy atom. The highest BCUT2D eigenvalue weighted by Crippen LogP contribution is 2.44. The molecule has 3 rings (SSSR count). The Morgan fingerprint density at radius 1 is 0.892 bits per heavy atom. The number of amides is 1. The smallest absolute Gasteiger partial charge is 0.480 e. The molecular weight excluding hydrogens is 492 g/mol. The van der Waals surface area contributed by atoms with E-state index >= 15 is 0 Å². The van der Waals surface area contributed by atoms with Crippen molar-refractivity contribution in [2.24, 2.45) is 0 Å². The molecule has 37 heavy (non-hydrogen) atoms. The maximum atomic E-state index is 12.1. The van der Waals surface area contributed by atoms with Crippen LogP contribution >= 0.6 is 0 Å². The van der Waals surface area contributed by atoms with E-state index in [0.29, 0.717) is 0 Å². The zero-order valence-electron chi connectivity index (χ0n) is 20.5. The van der Waals surface area contributed by atoms with E-state index in [1.807, 2.05) is 53.8 Å². The molecule has 1 aliphatic rings. The molecule has 2 aromatic rings. The Labute approximate surface area is 212 Å². The molecule has 0 saturated carbocycles. The van der Waals surface area contributed by atoms with Gasteiger partial charge in [0.1, 0.15) is 18.2 Å². The second-order valence-electron chi connectivity index (χ2n) is 9.19. The molecular formula is C26H27NO10. The number of esters is 1. The lowest BCUT2D eigenvalue weighted by Crippen LogP contribution is -2.42. The highest BCUT2D eigenvalue weighted by atomic mass is 16.8. The predicted octanol–water partition coefficient (Wildman–Crippen LogP) is 4.37. The van der Waals surface area contributed by atoms with Crippen molar-refractivity contribution in [3.8, 4) is 11.1 Å². The fraction of sp³-hybridized carbons (Fsp3) is 0.346. The largest absolute Gasteiger partial charge is 0.517 e.